The minimum absolute atomic E-state index is 0.330. The van der Waals surface area contributed by atoms with Gasteiger partial charge in [0.15, 0.2) is 5.96 Å². The van der Waals surface area contributed by atoms with Gasteiger partial charge in [0.25, 0.3) is 0 Å². The molecule has 6 heteroatoms. The normalized spacial score (nSPS) is 17.9. The molecule has 1 saturated heterocycles. The number of benzene rings is 1. The Bertz CT molecular complexity index is 761. The highest BCUT2D eigenvalue weighted by Crippen LogP contribution is 2.27. The van der Waals surface area contributed by atoms with E-state index in [0.29, 0.717) is 12.6 Å². The summed E-state index contributed by atoms with van der Waals surface area (Å²) in [4.78, 5) is 11.1. The Labute approximate surface area is 160 Å². The molecular formula is C20H26ClN5. The molecule has 3 rings (SSSR count). The van der Waals surface area contributed by atoms with Gasteiger partial charge in [0.1, 0.15) is 0 Å². The van der Waals surface area contributed by atoms with Crippen molar-refractivity contribution in [2.24, 2.45) is 4.99 Å². The van der Waals surface area contributed by atoms with E-state index in [1.807, 2.05) is 30.5 Å². The number of halogens is 1. The van der Waals surface area contributed by atoms with Gasteiger partial charge in [0.05, 0.1) is 22.9 Å². The molecule has 0 bridgehead atoms. The number of guanidine groups is 1. The first-order valence-electron chi connectivity index (χ1n) is 9.04. The van der Waals surface area contributed by atoms with Crippen molar-refractivity contribution in [3.63, 3.8) is 0 Å². The van der Waals surface area contributed by atoms with Crippen LogP contribution in [0.15, 0.2) is 47.6 Å². The molecule has 1 aliphatic rings. The highest BCUT2D eigenvalue weighted by Gasteiger charge is 2.22. The fourth-order valence-electron chi connectivity index (χ4n) is 3.28. The Morgan fingerprint density at radius 1 is 1.31 bits per heavy atom. The second-order valence-corrected chi connectivity index (χ2v) is 6.98. The topological polar surface area (TPSA) is 52.6 Å². The van der Waals surface area contributed by atoms with Crippen LogP contribution in [0.3, 0.4) is 0 Å². The summed E-state index contributed by atoms with van der Waals surface area (Å²) in [7, 11) is 1.80. The van der Waals surface area contributed by atoms with Crippen molar-refractivity contribution in [1.82, 2.24) is 15.6 Å². The Hall–Kier alpha value is -2.27. The quantitative estimate of drug-likeness (QED) is 0.639. The molecule has 1 aromatic heterocycles. The SMILES string of the molecule is CN=C(NCc1ncccc1C)NC1CCCN(c2ccccc2Cl)C1. The molecule has 2 N–H and O–H groups in total. The molecule has 1 atom stereocenters. The average molecular weight is 372 g/mol. The lowest BCUT2D eigenvalue weighted by atomic mass is 10.0. The van der Waals surface area contributed by atoms with E-state index < -0.39 is 0 Å². The largest absolute Gasteiger partial charge is 0.368 e. The van der Waals surface area contributed by atoms with Gasteiger partial charge >= 0.3 is 0 Å². The van der Waals surface area contributed by atoms with Gasteiger partial charge in [-0.25, -0.2) is 0 Å². The fourth-order valence-corrected chi connectivity index (χ4v) is 3.54. The number of nitrogens with one attached hydrogen (secondary N) is 2. The van der Waals surface area contributed by atoms with Crippen LogP contribution in [0.1, 0.15) is 24.1 Å². The van der Waals surface area contributed by atoms with Gasteiger partial charge in [-0.1, -0.05) is 29.8 Å². The summed E-state index contributed by atoms with van der Waals surface area (Å²) >= 11 is 6.37. The number of hydrogen-bond acceptors (Lipinski definition) is 3. The standard InChI is InChI=1S/C20H26ClN5/c1-15-7-5-11-23-18(15)13-24-20(22-2)25-16-8-6-12-26(14-16)19-10-4-3-9-17(19)21/h3-5,7,9-11,16H,6,8,12-14H2,1-2H3,(H2,22,24,25). The minimum atomic E-state index is 0.330. The van der Waals surface area contributed by atoms with Crippen LogP contribution in [0.5, 0.6) is 0 Å². The van der Waals surface area contributed by atoms with E-state index in [9.17, 15) is 0 Å². The summed E-state index contributed by atoms with van der Waals surface area (Å²) in [6, 6.07) is 12.4. The smallest absolute Gasteiger partial charge is 0.191 e. The molecule has 2 heterocycles. The van der Waals surface area contributed by atoms with E-state index >= 15 is 0 Å². The molecule has 26 heavy (non-hydrogen) atoms. The number of pyridine rings is 1. The van der Waals surface area contributed by atoms with Gasteiger partial charge in [-0.05, 0) is 43.5 Å². The van der Waals surface area contributed by atoms with Crippen LogP contribution in [0.4, 0.5) is 5.69 Å². The summed E-state index contributed by atoms with van der Waals surface area (Å²) in [5.41, 5.74) is 3.32. The molecule has 2 aromatic rings. The fraction of sp³-hybridized carbons (Fsp3) is 0.400. The molecule has 1 unspecified atom stereocenters. The molecule has 0 radical (unpaired) electrons. The third-order valence-corrected chi connectivity index (χ3v) is 5.04. The number of piperidine rings is 1. The molecule has 138 valence electrons. The number of aromatic nitrogens is 1. The average Bonchev–Trinajstić information content (AvgIpc) is 2.67. The first-order chi connectivity index (χ1) is 12.7. The van der Waals surface area contributed by atoms with Gasteiger partial charge in [0.2, 0.25) is 0 Å². The second kappa shape index (κ2) is 8.90. The Morgan fingerprint density at radius 2 is 2.15 bits per heavy atom. The van der Waals surface area contributed by atoms with Crippen molar-refractivity contribution < 1.29 is 0 Å². The molecule has 0 aliphatic carbocycles. The van der Waals surface area contributed by atoms with Crippen LogP contribution in [-0.4, -0.2) is 37.1 Å². The van der Waals surface area contributed by atoms with Crippen LogP contribution in [0, 0.1) is 6.92 Å². The number of aliphatic imine (C=N–C) groups is 1. The predicted octanol–water partition coefficient (Wildman–Crippen LogP) is 3.38. The molecule has 1 fully saturated rings. The minimum Gasteiger partial charge on any atom is -0.368 e. The van der Waals surface area contributed by atoms with Gasteiger partial charge in [-0.15, -0.1) is 0 Å². The molecule has 0 saturated carbocycles. The number of aryl methyl sites for hydroxylation is 1. The Morgan fingerprint density at radius 3 is 2.92 bits per heavy atom. The lowest BCUT2D eigenvalue weighted by Gasteiger charge is -2.35. The lowest BCUT2D eigenvalue weighted by molar-refractivity contribution is 0.468. The third-order valence-electron chi connectivity index (χ3n) is 4.72. The molecule has 1 aliphatic heterocycles. The summed E-state index contributed by atoms with van der Waals surface area (Å²) < 4.78 is 0. The molecule has 0 amide bonds. The van der Waals surface area contributed by atoms with Crippen LogP contribution in [0.2, 0.25) is 5.02 Å². The van der Waals surface area contributed by atoms with Crippen molar-refractivity contribution in [1.29, 1.82) is 0 Å². The van der Waals surface area contributed by atoms with E-state index in [2.05, 4.69) is 44.6 Å². The first kappa shape index (κ1) is 18.5. The van der Waals surface area contributed by atoms with Crippen LogP contribution >= 0.6 is 11.6 Å². The summed E-state index contributed by atoms with van der Waals surface area (Å²) in [5.74, 6) is 0.807. The Balaban J connectivity index is 1.58. The van der Waals surface area contributed by atoms with Crippen LogP contribution in [-0.2, 0) is 6.54 Å². The molecular weight excluding hydrogens is 346 g/mol. The second-order valence-electron chi connectivity index (χ2n) is 6.57. The summed E-state index contributed by atoms with van der Waals surface area (Å²) in [5, 5.41) is 7.72. The maximum absolute atomic E-state index is 6.37. The zero-order valence-corrected chi connectivity index (χ0v) is 16.1. The van der Waals surface area contributed by atoms with Crippen molar-refractivity contribution in [2.75, 3.05) is 25.0 Å². The molecule has 5 nitrogen and oxygen atoms in total. The maximum atomic E-state index is 6.37. The van der Waals surface area contributed by atoms with Crippen molar-refractivity contribution in [3.05, 3.63) is 58.9 Å². The maximum Gasteiger partial charge on any atom is 0.191 e. The van der Waals surface area contributed by atoms with Crippen LogP contribution in [0.25, 0.3) is 0 Å². The van der Waals surface area contributed by atoms with Crippen molar-refractivity contribution in [2.45, 2.75) is 32.4 Å². The Kier molecular flexibility index (Phi) is 6.34. The zero-order chi connectivity index (χ0) is 18.4. The lowest BCUT2D eigenvalue weighted by Crippen LogP contribution is -2.51. The van der Waals surface area contributed by atoms with Crippen molar-refractivity contribution in [3.8, 4) is 0 Å². The number of nitrogens with zero attached hydrogens (tertiary/aromatic N) is 3. The number of rotatable bonds is 4. The molecule has 0 spiro atoms. The number of hydrogen-bond donors (Lipinski definition) is 2. The zero-order valence-electron chi connectivity index (χ0n) is 15.4. The van der Waals surface area contributed by atoms with Crippen molar-refractivity contribution >= 4 is 23.2 Å². The van der Waals surface area contributed by atoms with E-state index in [-0.39, 0.29) is 0 Å². The van der Waals surface area contributed by atoms with Gasteiger partial charge in [-0.2, -0.15) is 0 Å². The van der Waals surface area contributed by atoms with E-state index in [1.54, 1.807) is 7.05 Å². The highest BCUT2D eigenvalue weighted by atomic mass is 35.5. The van der Waals surface area contributed by atoms with E-state index in [1.165, 1.54) is 5.56 Å². The number of anilines is 1. The monoisotopic (exact) mass is 371 g/mol. The van der Waals surface area contributed by atoms with Gasteiger partial charge in [0, 0.05) is 32.4 Å². The van der Waals surface area contributed by atoms with Gasteiger partial charge < -0.3 is 15.5 Å². The van der Waals surface area contributed by atoms with Gasteiger partial charge in [-0.3, -0.25) is 9.98 Å². The first-order valence-corrected chi connectivity index (χ1v) is 9.42. The number of para-hydroxylation sites is 1. The summed E-state index contributed by atoms with van der Waals surface area (Å²) in [6.07, 6.45) is 4.06. The predicted molar refractivity (Wildman–Crippen MR) is 109 cm³/mol. The molecule has 1 aromatic carbocycles. The summed E-state index contributed by atoms with van der Waals surface area (Å²) in [6.45, 7) is 4.67. The third kappa shape index (κ3) is 4.67. The highest BCUT2D eigenvalue weighted by molar-refractivity contribution is 6.33. The van der Waals surface area contributed by atoms with Crippen LogP contribution < -0.4 is 15.5 Å². The van der Waals surface area contributed by atoms with E-state index in [4.69, 9.17) is 11.6 Å². The van der Waals surface area contributed by atoms with E-state index in [0.717, 1.165) is 48.3 Å².